The lowest BCUT2D eigenvalue weighted by Crippen LogP contribution is -2.44. The van der Waals surface area contributed by atoms with Crippen LogP contribution in [0.25, 0.3) is 0 Å². The molecule has 0 aromatic heterocycles. The highest BCUT2D eigenvalue weighted by Crippen LogP contribution is 2.09. The molecule has 88 valence electrons. The van der Waals surface area contributed by atoms with Gasteiger partial charge < -0.3 is 14.4 Å². The van der Waals surface area contributed by atoms with E-state index in [0.717, 1.165) is 6.54 Å². The molecule has 5 nitrogen and oxygen atoms in total. The average Bonchev–Trinajstić information content (AvgIpc) is 1.98. The number of hydrogen-bond acceptors (Lipinski definition) is 4. The fourth-order valence-electron chi connectivity index (χ4n) is 1.23. The molecule has 0 aromatic carbocycles. The molecule has 0 bridgehead atoms. The summed E-state index contributed by atoms with van der Waals surface area (Å²) in [5.41, 5.74) is -0.437. The minimum atomic E-state index is -0.437. The number of carbonyl (C=O) groups is 1. The van der Waals surface area contributed by atoms with E-state index in [1.165, 1.54) is 0 Å². The molecule has 0 aliphatic carbocycles. The number of amides is 1. The number of nitrogens with zero attached hydrogens (tertiary/aromatic N) is 1. The summed E-state index contributed by atoms with van der Waals surface area (Å²) in [6.45, 7) is 8.69. The van der Waals surface area contributed by atoms with Gasteiger partial charge in [-0.15, -0.1) is 0 Å². The molecule has 1 aliphatic heterocycles. The fraction of sp³-hybridized carbons (Fsp3) is 0.900. The highest BCUT2D eigenvalue weighted by Gasteiger charge is 2.22. The smallest absolute Gasteiger partial charge is 0.410 e. The lowest BCUT2D eigenvalue weighted by molar-refractivity contribution is 0.0107. The Balaban J connectivity index is 2.42. The van der Waals surface area contributed by atoms with E-state index in [9.17, 15) is 4.79 Å². The Morgan fingerprint density at radius 1 is 1.40 bits per heavy atom. The van der Waals surface area contributed by atoms with Gasteiger partial charge in [-0.1, -0.05) is 0 Å². The normalized spacial score (nSPS) is 19.3. The Morgan fingerprint density at radius 3 is 2.80 bits per heavy atom. The van der Waals surface area contributed by atoms with Crippen molar-refractivity contribution in [3.8, 4) is 0 Å². The molecule has 0 atom stereocenters. The first-order valence-corrected chi connectivity index (χ1v) is 5.25. The molecular formula is C10H20N2O3. The zero-order valence-electron chi connectivity index (χ0n) is 9.71. The van der Waals surface area contributed by atoms with Crippen LogP contribution in [0.4, 0.5) is 4.79 Å². The first kappa shape index (κ1) is 12.3. The van der Waals surface area contributed by atoms with Crippen LogP contribution in [0.3, 0.4) is 0 Å². The van der Waals surface area contributed by atoms with E-state index >= 15 is 0 Å². The molecule has 15 heavy (non-hydrogen) atoms. The number of hydrogen-bond donors (Lipinski definition) is 1. The van der Waals surface area contributed by atoms with Gasteiger partial charge in [0.25, 0.3) is 0 Å². The monoisotopic (exact) mass is 216 g/mol. The molecule has 5 heteroatoms. The average molecular weight is 216 g/mol. The van der Waals surface area contributed by atoms with Crippen molar-refractivity contribution in [2.75, 3.05) is 33.0 Å². The SMILES string of the molecule is CC(C)(C)OC(=O)N1CCNCOCC1. The third kappa shape index (κ3) is 4.99. The largest absolute Gasteiger partial charge is 0.444 e. The van der Waals surface area contributed by atoms with Crippen LogP contribution in [0.15, 0.2) is 0 Å². The van der Waals surface area contributed by atoms with Gasteiger partial charge in [0.15, 0.2) is 0 Å². The molecule has 0 unspecified atom stereocenters. The van der Waals surface area contributed by atoms with Gasteiger partial charge in [-0.05, 0) is 20.8 Å². The first-order chi connectivity index (χ1) is 6.99. The third-order valence-electron chi connectivity index (χ3n) is 1.92. The molecule has 1 heterocycles. The van der Waals surface area contributed by atoms with Crippen LogP contribution in [0.5, 0.6) is 0 Å². The number of carbonyl (C=O) groups excluding carboxylic acids is 1. The van der Waals surface area contributed by atoms with Gasteiger partial charge in [-0.2, -0.15) is 0 Å². The highest BCUT2D eigenvalue weighted by molar-refractivity contribution is 5.68. The predicted molar refractivity (Wildman–Crippen MR) is 56.6 cm³/mol. The van der Waals surface area contributed by atoms with Crippen molar-refractivity contribution in [2.45, 2.75) is 26.4 Å². The van der Waals surface area contributed by atoms with Crippen molar-refractivity contribution in [1.82, 2.24) is 10.2 Å². The molecule has 1 saturated heterocycles. The maximum absolute atomic E-state index is 11.7. The summed E-state index contributed by atoms with van der Waals surface area (Å²) in [5, 5.41) is 3.06. The minimum Gasteiger partial charge on any atom is -0.444 e. The molecule has 1 N–H and O–H groups in total. The maximum atomic E-state index is 11.7. The minimum absolute atomic E-state index is 0.269. The summed E-state index contributed by atoms with van der Waals surface area (Å²) in [5.74, 6) is 0. The topological polar surface area (TPSA) is 50.8 Å². The summed E-state index contributed by atoms with van der Waals surface area (Å²) < 4.78 is 10.5. The highest BCUT2D eigenvalue weighted by atomic mass is 16.6. The zero-order valence-corrected chi connectivity index (χ0v) is 9.71. The Bertz CT molecular complexity index is 205. The standard InChI is InChI=1S/C10H20N2O3/c1-10(2,3)15-9(13)12-5-4-11-8-14-7-6-12/h11H,4-8H2,1-3H3. The van der Waals surface area contributed by atoms with Crippen LogP contribution in [-0.4, -0.2) is 49.6 Å². The quantitative estimate of drug-likeness (QED) is 0.650. The van der Waals surface area contributed by atoms with Crippen molar-refractivity contribution in [1.29, 1.82) is 0 Å². The summed E-state index contributed by atoms with van der Waals surface area (Å²) >= 11 is 0. The van der Waals surface area contributed by atoms with E-state index < -0.39 is 5.60 Å². The summed E-state index contributed by atoms with van der Waals surface area (Å²) in [7, 11) is 0. The predicted octanol–water partition coefficient (Wildman–Crippen LogP) is 0.801. The van der Waals surface area contributed by atoms with E-state index in [2.05, 4.69) is 5.32 Å². The van der Waals surface area contributed by atoms with Gasteiger partial charge in [0, 0.05) is 19.6 Å². The second-order valence-corrected chi connectivity index (χ2v) is 4.52. The third-order valence-corrected chi connectivity index (χ3v) is 1.92. The van der Waals surface area contributed by atoms with E-state index in [1.807, 2.05) is 20.8 Å². The van der Waals surface area contributed by atoms with Gasteiger partial charge in [0.2, 0.25) is 0 Å². The molecule has 1 aliphatic rings. The first-order valence-electron chi connectivity index (χ1n) is 5.25. The number of nitrogens with one attached hydrogen (secondary N) is 1. The molecule has 0 aromatic rings. The Hall–Kier alpha value is -0.810. The fourth-order valence-corrected chi connectivity index (χ4v) is 1.23. The molecule has 1 rings (SSSR count). The molecule has 0 saturated carbocycles. The number of rotatable bonds is 0. The molecule has 1 fully saturated rings. The molecule has 0 spiro atoms. The van der Waals surface area contributed by atoms with Crippen molar-refractivity contribution < 1.29 is 14.3 Å². The second kappa shape index (κ2) is 5.32. The molecular weight excluding hydrogens is 196 g/mol. The van der Waals surface area contributed by atoms with Crippen LogP contribution in [0.1, 0.15) is 20.8 Å². The molecule has 1 amide bonds. The van der Waals surface area contributed by atoms with Crippen LogP contribution in [0.2, 0.25) is 0 Å². The maximum Gasteiger partial charge on any atom is 0.410 e. The van der Waals surface area contributed by atoms with Crippen LogP contribution in [0, 0.1) is 0 Å². The zero-order chi connectivity index (χ0) is 11.3. The van der Waals surface area contributed by atoms with Gasteiger partial charge in [0.1, 0.15) is 5.60 Å². The van der Waals surface area contributed by atoms with E-state index in [1.54, 1.807) is 4.90 Å². The second-order valence-electron chi connectivity index (χ2n) is 4.52. The molecule has 0 radical (unpaired) electrons. The Morgan fingerprint density at radius 2 is 2.13 bits per heavy atom. The van der Waals surface area contributed by atoms with Crippen molar-refractivity contribution in [2.24, 2.45) is 0 Å². The lowest BCUT2D eigenvalue weighted by Gasteiger charge is -2.28. The summed E-state index contributed by atoms with van der Waals surface area (Å²) in [6, 6.07) is 0. The van der Waals surface area contributed by atoms with Gasteiger partial charge in [-0.3, -0.25) is 5.32 Å². The lowest BCUT2D eigenvalue weighted by atomic mass is 10.2. The van der Waals surface area contributed by atoms with E-state index in [-0.39, 0.29) is 6.09 Å². The van der Waals surface area contributed by atoms with Crippen LogP contribution < -0.4 is 5.32 Å². The van der Waals surface area contributed by atoms with E-state index in [4.69, 9.17) is 9.47 Å². The Labute approximate surface area is 90.7 Å². The Kier molecular flexibility index (Phi) is 4.35. The van der Waals surface area contributed by atoms with Crippen molar-refractivity contribution in [3.63, 3.8) is 0 Å². The van der Waals surface area contributed by atoms with Gasteiger partial charge >= 0.3 is 6.09 Å². The van der Waals surface area contributed by atoms with Crippen LogP contribution >= 0.6 is 0 Å². The van der Waals surface area contributed by atoms with Crippen molar-refractivity contribution >= 4 is 6.09 Å². The van der Waals surface area contributed by atoms with Gasteiger partial charge in [-0.25, -0.2) is 4.79 Å². The van der Waals surface area contributed by atoms with E-state index in [0.29, 0.717) is 26.4 Å². The summed E-state index contributed by atoms with van der Waals surface area (Å²) in [4.78, 5) is 13.4. The van der Waals surface area contributed by atoms with Crippen LogP contribution in [-0.2, 0) is 9.47 Å². The summed E-state index contributed by atoms with van der Waals surface area (Å²) in [6.07, 6.45) is -0.269. The van der Waals surface area contributed by atoms with Crippen molar-refractivity contribution in [3.05, 3.63) is 0 Å². The van der Waals surface area contributed by atoms with Gasteiger partial charge in [0.05, 0.1) is 13.3 Å². The number of ether oxygens (including phenoxy) is 2.